The third-order valence-corrected chi connectivity index (χ3v) is 1.54. The molecule has 1 atom stereocenters. The van der Waals surface area contributed by atoms with Crippen LogP contribution in [0.3, 0.4) is 0 Å². The van der Waals surface area contributed by atoms with Crippen molar-refractivity contribution in [1.29, 1.82) is 0 Å². The predicted molar refractivity (Wildman–Crippen MR) is 42.5 cm³/mol. The highest BCUT2D eigenvalue weighted by atomic mass is 19.1. The average Bonchev–Trinajstić information content (AvgIpc) is 2.04. The van der Waals surface area contributed by atoms with Crippen molar-refractivity contribution < 1.29 is 9.18 Å². The molecule has 4 N–H and O–H groups in total. The molecule has 0 unspecified atom stereocenters. The minimum Gasteiger partial charge on any atom is -0.368 e. The number of hydrogen-bond acceptors (Lipinski definition) is 2. The molecule has 0 heterocycles. The summed E-state index contributed by atoms with van der Waals surface area (Å²) in [6, 6.07) is 4.48. The second kappa shape index (κ2) is 3.32. The summed E-state index contributed by atoms with van der Waals surface area (Å²) < 4.78 is 12.4. The Morgan fingerprint density at radius 1 is 1.33 bits per heavy atom. The first kappa shape index (κ1) is 8.67. The van der Waals surface area contributed by atoms with Crippen LogP contribution in [0.2, 0.25) is 0 Å². The van der Waals surface area contributed by atoms with Crippen LogP contribution in [0.1, 0.15) is 11.6 Å². The first-order chi connectivity index (χ1) is 5.61. The molecule has 0 saturated carbocycles. The van der Waals surface area contributed by atoms with E-state index in [2.05, 4.69) is 0 Å². The third-order valence-electron chi connectivity index (χ3n) is 1.54. The monoisotopic (exact) mass is 168 g/mol. The highest BCUT2D eigenvalue weighted by molar-refractivity contribution is 5.81. The van der Waals surface area contributed by atoms with E-state index in [0.29, 0.717) is 5.56 Å². The van der Waals surface area contributed by atoms with E-state index in [-0.39, 0.29) is 5.82 Å². The number of halogens is 1. The summed E-state index contributed by atoms with van der Waals surface area (Å²) in [5.41, 5.74) is 10.9. The number of amides is 1. The molecular formula is C8H9FN2O. The Labute approximate surface area is 69.2 Å². The van der Waals surface area contributed by atoms with Crippen LogP contribution in [0.15, 0.2) is 24.3 Å². The summed E-state index contributed by atoms with van der Waals surface area (Å²) >= 11 is 0. The Hall–Kier alpha value is -1.42. The van der Waals surface area contributed by atoms with Gasteiger partial charge in [-0.2, -0.15) is 0 Å². The van der Waals surface area contributed by atoms with Crippen LogP contribution < -0.4 is 11.5 Å². The zero-order valence-electron chi connectivity index (χ0n) is 6.33. The molecule has 3 nitrogen and oxygen atoms in total. The zero-order chi connectivity index (χ0) is 9.14. The SMILES string of the molecule is NC(=O)[C@H](N)c1ccc(F)cc1. The second-order valence-corrected chi connectivity index (χ2v) is 2.43. The lowest BCUT2D eigenvalue weighted by Crippen LogP contribution is -2.28. The van der Waals surface area contributed by atoms with Gasteiger partial charge in [0, 0.05) is 0 Å². The van der Waals surface area contributed by atoms with E-state index in [4.69, 9.17) is 11.5 Å². The van der Waals surface area contributed by atoms with Gasteiger partial charge < -0.3 is 11.5 Å². The summed E-state index contributed by atoms with van der Waals surface area (Å²) in [4.78, 5) is 10.6. The molecule has 0 aliphatic rings. The number of hydrogen-bond donors (Lipinski definition) is 2. The number of carbonyl (C=O) groups excluding carboxylic acids is 1. The molecule has 0 aromatic heterocycles. The van der Waals surface area contributed by atoms with Crippen LogP contribution in [0.5, 0.6) is 0 Å². The number of primary amides is 1. The van der Waals surface area contributed by atoms with Crippen molar-refractivity contribution in [2.24, 2.45) is 11.5 Å². The Kier molecular flexibility index (Phi) is 2.40. The van der Waals surface area contributed by atoms with Crippen LogP contribution in [0, 0.1) is 5.82 Å². The summed E-state index contributed by atoms with van der Waals surface area (Å²) in [7, 11) is 0. The van der Waals surface area contributed by atoms with Gasteiger partial charge in [-0.25, -0.2) is 4.39 Å². The molecule has 0 radical (unpaired) electrons. The van der Waals surface area contributed by atoms with Gasteiger partial charge in [0.25, 0.3) is 0 Å². The normalized spacial score (nSPS) is 12.5. The quantitative estimate of drug-likeness (QED) is 0.667. The van der Waals surface area contributed by atoms with Crippen molar-refractivity contribution in [3.8, 4) is 0 Å². The van der Waals surface area contributed by atoms with Crippen molar-refractivity contribution in [2.75, 3.05) is 0 Å². The van der Waals surface area contributed by atoms with Crippen molar-refractivity contribution in [1.82, 2.24) is 0 Å². The number of carbonyl (C=O) groups is 1. The minimum atomic E-state index is -0.856. The van der Waals surface area contributed by atoms with Crippen LogP contribution in [0.25, 0.3) is 0 Å². The van der Waals surface area contributed by atoms with Gasteiger partial charge in [-0.15, -0.1) is 0 Å². The molecule has 0 spiro atoms. The van der Waals surface area contributed by atoms with Crippen LogP contribution in [-0.2, 0) is 4.79 Å². The number of nitrogens with two attached hydrogens (primary N) is 2. The molecule has 1 rings (SSSR count). The van der Waals surface area contributed by atoms with Crippen LogP contribution in [0.4, 0.5) is 4.39 Å². The fourth-order valence-electron chi connectivity index (χ4n) is 0.834. The van der Waals surface area contributed by atoms with E-state index in [0.717, 1.165) is 0 Å². The smallest absolute Gasteiger partial charge is 0.238 e. The largest absolute Gasteiger partial charge is 0.368 e. The van der Waals surface area contributed by atoms with E-state index < -0.39 is 11.9 Å². The summed E-state index contributed by atoms with van der Waals surface area (Å²) in [5.74, 6) is -0.989. The Morgan fingerprint density at radius 3 is 2.25 bits per heavy atom. The maximum absolute atomic E-state index is 12.4. The number of rotatable bonds is 2. The van der Waals surface area contributed by atoms with Gasteiger partial charge in [0.15, 0.2) is 0 Å². The van der Waals surface area contributed by atoms with Gasteiger partial charge in [-0.1, -0.05) is 12.1 Å². The van der Waals surface area contributed by atoms with Crippen molar-refractivity contribution in [2.45, 2.75) is 6.04 Å². The molecule has 1 aromatic carbocycles. The molecule has 0 bridgehead atoms. The first-order valence-electron chi connectivity index (χ1n) is 3.41. The maximum atomic E-state index is 12.4. The van der Waals surface area contributed by atoms with Crippen molar-refractivity contribution >= 4 is 5.91 Å². The lowest BCUT2D eigenvalue weighted by molar-refractivity contribution is -0.119. The fraction of sp³-hybridized carbons (Fsp3) is 0.125. The summed E-state index contributed by atoms with van der Waals surface area (Å²) in [6.07, 6.45) is 0. The molecule has 12 heavy (non-hydrogen) atoms. The number of benzene rings is 1. The van der Waals surface area contributed by atoms with Gasteiger partial charge >= 0.3 is 0 Å². The maximum Gasteiger partial charge on any atom is 0.238 e. The van der Waals surface area contributed by atoms with E-state index >= 15 is 0 Å². The topological polar surface area (TPSA) is 69.1 Å². The van der Waals surface area contributed by atoms with Gasteiger partial charge in [-0.05, 0) is 17.7 Å². The highest BCUT2D eigenvalue weighted by Crippen LogP contribution is 2.09. The highest BCUT2D eigenvalue weighted by Gasteiger charge is 2.10. The van der Waals surface area contributed by atoms with Gasteiger partial charge in [0.1, 0.15) is 11.9 Å². The molecule has 0 saturated heterocycles. The Balaban J connectivity index is 2.89. The molecule has 64 valence electrons. The van der Waals surface area contributed by atoms with Crippen LogP contribution in [-0.4, -0.2) is 5.91 Å². The molecule has 0 fully saturated rings. The van der Waals surface area contributed by atoms with Crippen molar-refractivity contribution in [3.63, 3.8) is 0 Å². The first-order valence-corrected chi connectivity index (χ1v) is 3.41. The van der Waals surface area contributed by atoms with Gasteiger partial charge in [0.05, 0.1) is 0 Å². The molecule has 4 heteroatoms. The van der Waals surface area contributed by atoms with E-state index in [1.165, 1.54) is 24.3 Å². The fourth-order valence-corrected chi connectivity index (χ4v) is 0.834. The molecule has 1 aromatic rings. The van der Waals surface area contributed by atoms with E-state index in [9.17, 15) is 9.18 Å². The standard InChI is InChI=1S/C8H9FN2O/c9-6-3-1-5(2-4-6)7(10)8(11)12/h1-4,7H,10H2,(H2,11,12)/t7-/m1/s1. The molecule has 0 aliphatic heterocycles. The minimum absolute atomic E-state index is 0.365. The van der Waals surface area contributed by atoms with Crippen molar-refractivity contribution in [3.05, 3.63) is 35.6 Å². The average molecular weight is 168 g/mol. The molecule has 0 aliphatic carbocycles. The van der Waals surface area contributed by atoms with E-state index in [1.54, 1.807) is 0 Å². The summed E-state index contributed by atoms with van der Waals surface area (Å²) in [5, 5.41) is 0. The lowest BCUT2D eigenvalue weighted by atomic mass is 10.1. The third kappa shape index (κ3) is 1.79. The Morgan fingerprint density at radius 2 is 1.83 bits per heavy atom. The van der Waals surface area contributed by atoms with Crippen LogP contribution >= 0.6 is 0 Å². The zero-order valence-corrected chi connectivity index (χ0v) is 6.33. The Bertz CT molecular complexity index is 284. The van der Waals surface area contributed by atoms with Gasteiger partial charge in [-0.3, -0.25) is 4.79 Å². The second-order valence-electron chi connectivity index (χ2n) is 2.43. The van der Waals surface area contributed by atoms with E-state index in [1.807, 2.05) is 0 Å². The molecule has 1 amide bonds. The lowest BCUT2D eigenvalue weighted by Gasteiger charge is -2.06. The molecular weight excluding hydrogens is 159 g/mol. The predicted octanol–water partition coefficient (Wildman–Crippen LogP) is 0.311. The van der Waals surface area contributed by atoms with Gasteiger partial charge in [0.2, 0.25) is 5.91 Å². The summed E-state index contributed by atoms with van der Waals surface area (Å²) in [6.45, 7) is 0.